The van der Waals surface area contributed by atoms with E-state index >= 15 is 0 Å². The Bertz CT molecular complexity index is 1130. The highest BCUT2D eigenvalue weighted by atomic mass is 35.5. The Morgan fingerprint density at radius 1 is 1.19 bits per heavy atom. The van der Waals surface area contributed by atoms with Gasteiger partial charge in [0.05, 0.1) is 10.4 Å². The van der Waals surface area contributed by atoms with Gasteiger partial charge in [-0.2, -0.15) is 0 Å². The number of fused-ring (bicyclic) bond motifs is 1. The average molecular weight is 455 g/mol. The highest BCUT2D eigenvalue weighted by Gasteiger charge is 2.29. The maximum atomic E-state index is 12.7. The van der Waals surface area contributed by atoms with Gasteiger partial charge in [-0.15, -0.1) is 0 Å². The van der Waals surface area contributed by atoms with Crippen LogP contribution in [0, 0.1) is 10.1 Å². The zero-order chi connectivity index (χ0) is 22.7. The lowest BCUT2D eigenvalue weighted by molar-refractivity contribution is -0.384. The van der Waals surface area contributed by atoms with E-state index in [1.165, 1.54) is 24.3 Å². The van der Waals surface area contributed by atoms with Crippen molar-refractivity contribution < 1.29 is 14.5 Å². The molecule has 3 aromatic rings. The number of hydrogen-bond acceptors (Lipinski definition) is 6. The Hall–Kier alpha value is -3.39. The van der Waals surface area contributed by atoms with Crippen molar-refractivity contribution >= 4 is 40.1 Å². The SMILES string of the molecule is CCN(C(=O)Oc1ccc([N+](=O)[O-])cc1)C1CCN(c2ccc3cc(Cl)ccc3n2)CC1. The third kappa shape index (κ3) is 4.75. The minimum atomic E-state index is -0.489. The standard InChI is InChI=1S/C23H23ClN4O4/c1-2-27(23(29)32-20-7-5-19(6-8-20)28(30)31)18-11-13-26(14-12-18)22-10-3-16-15-17(24)4-9-21(16)25-22/h3-10,15,18H,2,11-14H2,1H3. The van der Waals surface area contributed by atoms with E-state index in [2.05, 4.69) is 4.90 Å². The Kier molecular flexibility index (Phi) is 6.41. The monoisotopic (exact) mass is 454 g/mol. The number of pyridine rings is 1. The van der Waals surface area contributed by atoms with Crippen molar-refractivity contribution in [1.82, 2.24) is 9.88 Å². The number of non-ortho nitro benzene ring substituents is 1. The fourth-order valence-corrected chi connectivity index (χ4v) is 4.18. The van der Waals surface area contributed by atoms with Crippen LogP contribution in [0.3, 0.4) is 0 Å². The van der Waals surface area contributed by atoms with Crippen LogP contribution in [0.1, 0.15) is 19.8 Å². The number of benzene rings is 2. The summed E-state index contributed by atoms with van der Waals surface area (Å²) < 4.78 is 5.45. The van der Waals surface area contributed by atoms with Crippen LogP contribution < -0.4 is 9.64 Å². The predicted octanol–water partition coefficient (Wildman–Crippen LogP) is 5.29. The number of anilines is 1. The maximum absolute atomic E-state index is 12.7. The molecule has 0 N–H and O–H groups in total. The Morgan fingerprint density at radius 2 is 1.91 bits per heavy atom. The van der Waals surface area contributed by atoms with E-state index in [9.17, 15) is 14.9 Å². The largest absolute Gasteiger partial charge is 0.415 e. The van der Waals surface area contributed by atoms with Gasteiger partial charge in [-0.05, 0) is 62.2 Å². The summed E-state index contributed by atoms with van der Waals surface area (Å²) in [6.07, 6.45) is 1.15. The van der Waals surface area contributed by atoms with Crippen molar-refractivity contribution in [2.45, 2.75) is 25.8 Å². The first-order valence-electron chi connectivity index (χ1n) is 10.5. The lowest BCUT2D eigenvalue weighted by atomic mass is 10.0. The first-order chi connectivity index (χ1) is 15.4. The van der Waals surface area contributed by atoms with E-state index in [1.54, 1.807) is 4.90 Å². The second-order valence-electron chi connectivity index (χ2n) is 7.63. The Balaban J connectivity index is 1.38. The van der Waals surface area contributed by atoms with Crippen molar-refractivity contribution in [3.8, 4) is 5.75 Å². The van der Waals surface area contributed by atoms with Gasteiger partial charge >= 0.3 is 6.09 Å². The fourth-order valence-electron chi connectivity index (χ4n) is 4.00. The summed E-state index contributed by atoms with van der Waals surface area (Å²) in [5, 5.41) is 12.5. The summed E-state index contributed by atoms with van der Waals surface area (Å²) in [5.74, 6) is 1.20. The molecule has 32 heavy (non-hydrogen) atoms. The number of nitro groups is 1. The van der Waals surface area contributed by atoms with Gasteiger partial charge in [0.2, 0.25) is 0 Å². The van der Waals surface area contributed by atoms with Crippen molar-refractivity contribution in [2.24, 2.45) is 0 Å². The number of nitrogens with zero attached hydrogens (tertiary/aromatic N) is 4. The molecule has 166 valence electrons. The molecule has 0 atom stereocenters. The molecule has 0 radical (unpaired) electrons. The first-order valence-corrected chi connectivity index (χ1v) is 10.9. The number of hydrogen-bond donors (Lipinski definition) is 0. The summed E-state index contributed by atoms with van der Waals surface area (Å²) in [5.41, 5.74) is 0.853. The molecule has 0 aliphatic carbocycles. The van der Waals surface area contributed by atoms with Crippen LogP contribution in [0.15, 0.2) is 54.6 Å². The fraction of sp³-hybridized carbons (Fsp3) is 0.304. The van der Waals surface area contributed by atoms with Crippen molar-refractivity contribution in [3.05, 3.63) is 69.7 Å². The number of halogens is 1. The molecular formula is C23H23ClN4O4. The molecule has 1 aromatic heterocycles. The zero-order valence-electron chi connectivity index (χ0n) is 17.6. The van der Waals surface area contributed by atoms with Gasteiger partial charge in [-0.25, -0.2) is 9.78 Å². The molecule has 0 saturated carbocycles. The number of carbonyl (C=O) groups is 1. The number of carbonyl (C=O) groups excluding carboxylic acids is 1. The molecule has 1 saturated heterocycles. The predicted molar refractivity (Wildman–Crippen MR) is 123 cm³/mol. The molecule has 0 bridgehead atoms. The third-order valence-electron chi connectivity index (χ3n) is 5.69. The number of piperidine rings is 1. The van der Waals surface area contributed by atoms with E-state index < -0.39 is 11.0 Å². The lowest BCUT2D eigenvalue weighted by Crippen LogP contribution is -2.48. The van der Waals surface area contributed by atoms with Gasteiger partial charge in [0.25, 0.3) is 5.69 Å². The second-order valence-corrected chi connectivity index (χ2v) is 8.07. The van der Waals surface area contributed by atoms with Crippen LogP contribution in [0.25, 0.3) is 10.9 Å². The minimum Gasteiger partial charge on any atom is -0.410 e. The Labute approximate surface area is 190 Å². The Morgan fingerprint density at radius 3 is 2.56 bits per heavy atom. The van der Waals surface area contributed by atoms with Gasteiger partial charge in [0, 0.05) is 48.2 Å². The van der Waals surface area contributed by atoms with E-state index in [1.807, 2.05) is 37.3 Å². The van der Waals surface area contributed by atoms with Gasteiger partial charge in [0.15, 0.2) is 0 Å². The molecule has 2 aromatic carbocycles. The quantitative estimate of drug-likeness (QED) is 0.384. The molecule has 9 heteroatoms. The van der Waals surface area contributed by atoms with E-state index in [0.29, 0.717) is 11.6 Å². The van der Waals surface area contributed by atoms with E-state index in [-0.39, 0.29) is 17.5 Å². The van der Waals surface area contributed by atoms with Crippen LogP contribution in [0.5, 0.6) is 5.75 Å². The second kappa shape index (κ2) is 9.40. The van der Waals surface area contributed by atoms with Gasteiger partial charge in [0.1, 0.15) is 11.6 Å². The van der Waals surface area contributed by atoms with Crippen molar-refractivity contribution in [1.29, 1.82) is 0 Å². The summed E-state index contributed by atoms with van der Waals surface area (Å²) >= 11 is 6.05. The van der Waals surface area contributed by atoms with Crippen molar-refractivity contribution in [2.75, 3.05) is 24.5 Å². The number of amides is 1. The van der Waals surface area contributed by atoms with Crippen LogP contribution >= 0.6 is 11.6 Å². The average Bonchev–Trinajstić information content (AvgIpc) is 2.80. The van der Waals surface area contributed by atoms with Crippen LogP contribution in [0.2, 0.25) is 5.02 Å². The van der Waals surface area contributed by atoms with Gasteiger partial charge < -0.3 is 14.5 Å². The molecule has 8 nitrogen and oxygen atoms in total. The molecule has 1 amide bonds. The molecule has 1 aliphatic heterocycles. The number of aromatic nitrogens is 1. The summed E-state index contributed by atoms with van der Waals surface area (Å²) in [6, 6.07) is 15.2. The molecule has 0 spiro atoms. The van der Waals surface area contributed by atoms with Gasteiger partial charge in [-0.1, -0.05) is 11.6 Å². The lowest BCUT2D eigenvalue weighted by Gasteiger charge is -2.38. The van der Waals surface area contributed by atoms with Crippen LogP contribution in [0.4, 0.5) is 16.3 Å². The smallest absolute Gasteiger partial charge is 0.410 e. The highest BCUT2D eigenvalue weighted by Crippen LogP contribution is 2.26. The molecule has 4 rings (SSSR count). The van der Waals surface area contributed by atoms with E-state index in [0.717, 1.165) is 42.7 Å². The van der Waals surface area contributed by atoms with Gasteiger partial charge in [-0.3, -0.25) is 10.1 Å². The third-order valence-corrected chi connectivity index (χ3v) is 5.93. The number of nitro benzene ring substituents is 1. The molecule has 1 fully saturated rings. The molecule has 1 aliphatic rings. The first kappa shape index (κ1) is 21.8. The molecule has 0 unspecified atom stereocenters. The summed E-state index contributed by atoms with van der Waals surface area (Å²) in [4.78, 5) is 31.7. The number of ether oxygens (including phenoxy) is 1. The normalized spacial score (nSPS) is 14.4. The highest BCUT2D eigenvalue weighted by molar-refractivity contribution is 6.31. The van der Waals surface area contributed by atoms with Crippen molar-refractivity contribution in [3.63, 3.8) is 0 Å². The summed E-state index contributed by atoms with van der Waals surface area (Å²) in [6.45, 7) is 3.99. The number of rotatable bonds is 5. The molecule has 2 heterocycles. The van der Waals surface area contributed by atoms with Crippen LogP contribution in [-0.2, 0) is 0 Å². The molecular weight excluding hydrogens is 432 g/mol. The van der Waals surface area contributed by atoms with E-state index in [4.69, 9.17) is 21.3 Å². The summed E-state index contributed by atoms with van der Waals surface area (Å²) in [7, 11) is 0. The maximum Gasteiger partial charge on any atom is 0.415 e. The van der Waals surface area contributed by atoms with Crippen LogP contribution in [-0.4, -0.2) is 46.6 Å². The zero-order valence-corrected chi connectivity index (χ0v) is 18.4. The topological polar surface area (TPSA) is 88.8 Å². The minimum absolute atomic E-state index is 0.0464.